The van der Waals surface area contributed by atoms with Gasteiger partial charge in [0.2, 0.25) is 0 Å². The second-order valence-electron chi connectivity index (χ2n) is 11.5. The Morgan fingerprint density at radius 3 is 2.03 bits per heavy atom. The number of Topliss-reactive ketones (excluding diaryl/α,β-unsaturated/α-hetero) is 1. The third kappa shape index (κ3) is 5.42. The fourth-order valence-electron chi connectivity index (χ4n) is 4.36. The number of ketones is 1. The third-order valence-electron chi connectivity index (χ3n) is 6.39. The molecule has 0 fully saturated rings. The minimum atomic E-state index is -1.11. The molecule has 8 nitrogen and oxygen atoms in total. The molecular formula is C28H35N3O5. The van der Waals surface area contributed by atoms with Crippen molar-refractivity contribution in [3.05, 3.63) is 63.7 Å². The molecule has 0 radical (unpaired) electrons. The first-order valence-corrected chi connectivity index (χ1v) is 11.9. The van der Waals surface area contributed by atoms with Crippen molar-refractivity contribution in [2.75, 3.05) is 20.1 Å². The van der Waals surface area contributed by atoms with Crippen LogP contribution in [0.25, 0.3) is 0 Å². The molecule has 36 heavy (non-hydrogen) atoms. The molecule has 8 heteroatoms. The fraction of sp³-hybridized carbons (Fsp3) is 0.429. The summed E-state index contributed by atoms with van der Waals surface area (Å²) in [6.45, 7) is 11.8. The van der Waals surface area contributed by atoms with Crippen LogP contribution in [0.15, 0.2) is 30.3 Å². The molecule has 0 aliphatic carbocycles. The van der Waals surface area contributed by atoms with E-state index >= 15 is 0 Å². The van der Waals surface area contributed by atoms with Crippen LogP contribution >= 0.6 is 0 Å². The lowest BCUT2D eigenvalue weighted by Crippen LogP contribution is -2.32. The molecule has 1 amide bonds. The number of aliphatic carboxylic acids is 1. The van der Waals surface area contributed by atoms with Gasteiger partial charge in [-0.1, -0.05) is 47.6 Å². The lowest BCUT2D eigenvalue weighted by Gasteiger charge is -2.28. The zero-order chi connectivity index (χ0) is 27.2. The molecule has 192 valence electrons. The number of carbonyl (C=O) groups is 3. The Labute approximate surface area is 212 Å². The molecular weight excluding hydrogens is 458 g/mol. The molecule has 0 saturated heterocycles. The monoisotopic (exact) mass is 493 g/mol. The highest BCUT2D eigenvalue weighted by Gasteiger charge is 2.31. The number of carboxylic acid groups (broad SMARTS) is 1. The van der Waals surface area contributed by atoms with Crippen molar-refractivity contribution in [1.82, 2.24) is 9.80 Å². The van der Waals surface area contributed by atoms with Crippen LogP contribution < -0.4 is 0 Å². The standard InChI is InChI=1S/C28H35N3O5/c1-27(2,3)20-11-18(12-21(24(20)35)28(4,5)6)22(32)14-31-13-17-9-8-16(10-19(17)25(31)29)26(36)30(7)15-23(33)34/h8-12,29,35H,13-15H2,1-7H3,(H,33,34). The minimum absolute atomic E-state index is 0.0202. The van der Waals surface area contributed by atoms with E-state index in [1.165, 1.54) is 7.05 Å². The van der Waals surface area contributed by atoms with Gasteiger partial charge in [-0.2, -0.15) is 0 Å². The molecule has 1 heterocycles. The average molecular weight is 494 g/mol. The van der Waals surface area contributed by atoms with Crippen molar-refractivity contribution in [3.8, 4) is 5.75 Å². The molecule has 1 aliphatic rings. The predicted molar refractivity (Wildman–Crippen MR) is 138 cm³/mol. The van der Waals surface area contributed by atoms with E-state index < -0.39 is 18.4 Å². The highest BCUT2D eigenvalue weighted by Crippen LogP contribution is 2.40. The minimum Gasteiger partial charge on any atom is -0.507 e. The van der Waals surface area contributed by atoms with Crippen molar-refractivity contribution >= 4 is 23.5 Å². The lowest BCUT2D eigenvalue weighted by molar-refractivity contribution is -0.137. The van der Waals surface area contributed by atoms with E-state index in [1.54, 1.807) is 35.2 Å². The molecule has 0 saturated carbocycles. The van der Waals surface area contributed by atoms with Crippen molar-refractivity contribution in [2.45, 2.75) is 58.9 Å². The van der Waals surface area contributed by atoms with Crippen LogP contribution in [0, 0.1) is 5.41 Å². The Morgan fingerprint density at radius 2 is 1.53 bits per heavy atom. The SMILES string of the molecule is CN(CC(=O)O)C(=O)c1ccc2c(c1)C(=N)N(CC(=O)c1cc(C(C)(C)C)c(O)c(C(C)(C)C)c1)C2. The summed E-state index contributed by atoms with van der Waals surface area (Å²) in [4.78, 5) is 39.7. The Morgan fingerprint density at radius 1 is 0.972 bits per heavy atom. The molecule has 0 unspecified atom stereocenters. The van der Waals surface area contributed by atoms with Crippen molar-refractivity contribution < 1.29 is 24.6 Å². The predicted octanol–water partition coefficient (Wildman–Crippen LogP) is 4.17. The topological polar surface area (TPSA) is 122 Å². The van der Waals surface area contributed by atoms with Crippen LogP contribution in [0.5, 0.6) is 5.75 Å². The highest BCUT2D eigenvalue weighted by molar-refractivity contribution is 6.07. The number of phenolic OH excluding ortho intramolecular Hbond substituents is 1. The Balaban J connectivity index is 1.87. The van der Waals surface area contributed by atoms with Gasteiger partial charge in [-0.25, -0.2) is 0 Å². The van der Waals surface area contributed by atoms with E-state index in [4.69, 9.17) is 10.5 Å². The summed E-state index contributed by atoms with van der Waals surface area (Å²) in [5.41, 5.74) is 2.81. The number of carbonyl (C=O) groups excluding carboxylic acids is 2. The number of rotatable bonds is 6. The summed E-state index contributed by atoms with van der Waals surface area (Å²) in [6.07, 6.45) is 0. The first kappa shape index (κ1) is 26.9. The van der Waals surface area contributed by atoms with Gasteiger partial charge >= 0.3 is 5.97 Å². The number of amides is 1. The summed E-state index contributed by atoms with van der Waals surface area (Å²) in [7, 11) is 1.41. The fourth-order valence-corrected chi connectivity index (χ4v) is 4.36. The van der Waals surface area contributed by atoms with Gasteiger partial charge in [-0.05, 0) is 40.7 Å². The normalized spacial score (nSPS) is 13.5. The first-order chi connectivity index (χ1) is 16.5. The summed E-state index contributed by atoms with van der Waals surface area (Å²) in [6, 6.07) is 8.43. The number of amidine groups is 1. The van der Waals surface area contributed by atoms with Gasteiger partial charge in [-0.3, -0.25) is 19.8 Å². The van der Waals surface area contributed by atoms with Gasteiger partial charge in [0.15, 0.2) is 5.78 Å². The number of hydrogen-bond acceptors (Lipinski definition) is 5. The van der Waals surface area contributed by atoms with Crippen LogP contribution in [-0.2, 0) is 22.2 Å². The number of fused-ring (bicyclic) bond motifs is 1. The van der Waals surface area contributed by atoms with E-state index in [9.17, 15) is 19.5 Å². The second-order valence-corrected chi connectivity index (χ2v) is 11.5. The van der Waals surface area contributed by atoms with Gasteiger partial charge in [-0.15, -0.1) is 0 Å². The summed E-state index contributed by atoms with van der Waals surface area (Å²) >= 11 is 0. The van der Waals surface area contributed by atoms with Crippen LogP contribution in [0.1, 0.15) is 84.5 Å². The maximum Gasteiger partial charge on any atom is 0.323 e. The average Bonchev–Trinajstić information content (AvgIpc) is 3.05. The molecule has 3 N–H and O–H groups in total. The van der Waals surface area contributed by atoms with Gasteiger partial charge in [0.25, 0.3) is 5.91 Å². The highest BCUT2D eigenvalue weighted by atomic mass is 16.4. The number of carboxylic acids is 1. The van der Waals surface area contributed by atoms with Crippen molar-refractivity contribution in [3.63, 3.8) is 0 Å². The molecule has 3 rings (SSSR count). The van der Waals surface area contributed by atoms with E-state index in [0.29, 0.717) is 34.4 Å². The van der Waals surface area contributed by atoms with Crippen molar-refractivity contribution in [1.29, 1.82) is 5.41 Å². The van der Waals surface area contributed by atoms with Crippen LogP contribution in [-0.4, -0.2) is 63.6 Å². The summed E-state index contributed by atoms with van der Waals surface area (Å²) in [5.74, 6) is -1.38. The van der Waals surface area contributed by atoms with E-state index in [2.05, 4.69) is 0 Å². The third-order valence-corrected chi connectivity index (χ3v) is 6.39. The van der Waals surface area contributed by atoms with Gasteiger partial charge in [0.1, 0.15) is 18.1 Å². The summed E-state index contributed by atoms with van der Waals surface area (Å²) in [5, 5.41) is 28.5. The van der Waals surface area contributed by atoms with E-state index in [1.807, 2.05) is 41.5 Å². The number of phenols is 1. The van der Waals surface area contributed by atoms with Gasteiger partial charge < -0.3 is 20.0 Å². The number of likely N-dealkylation sites (N-methyl/N-ethyl adjacent to an activating group) is 1. The molecule has 2 aromatic carbocycles. The molecule has 0 bridgehead atoms. The number of nitrogens with one attached hydrogen (secondary N) is 1. The maximum absolute atomic E-state index is 13.4. The number of hydrogen-bond donors (Lipinski definition) is 3. The number of aromatic hydroxyl groups is 1. The Hall–Kier alpha value is -3.68. The quantitative estimate of drug-likeness (QED) is 0.519. The summed E-state index contributed by atoms with van der Waals surface area (Å²) < 4.78 is 0. The zero-order valence-electron chi connectivity index (χ0n) is 22.0. The van der Waals surface area contributed by atoms with Crippen LogP contribution in [0.4, 0.5) is 0 Å². The van der Waals surface area contributed by atoms with Gasteiger partial charge in [0.05, 0.1) is 6.54 Å². The van der Waals surface area contributed by atoms with E-state index in [0.717, 1.165) is 10.5 Å². The first-order valence-electron chi connectivity index (χ1n) is 11.9. The maximum atomic E-state index is 13.4. The van der Waals surface area contributed by atoms with Crippen LogP contribution in [0.2, 0.25) is 0 Å². The zero-order valence-corrected chi connectivity index (χ0v) is 22.0. The molecule has 0 aromatic heterocycles. The van der Waals surface area contributed by atoms with Crippen molar-refractivity contribution in [2.24, 2.45) is 0 Å². The molecule has 0 atom stereocenters. The number of benzene rings is 2. The second kappa shape index (κ2) is 9.41. The smallest absolute Gasteiger partial charge is 0.323 e. The Bertz CT molecular complexity index is 1220. The molecule has 0 spiro atoms. The largest absolute Gasteiger partial charge is 0.507 e. The van der Waals surface area contributed by atoms with Gasteiger partial charge in [0, 0.05) is 41.4 Å². The lowest BCUT2D eigenvalue weighted by atomic mass is 9.78. The molecule has 1 aliphatic heterocycles. The number of nitrogens with zero attached hydrogens (tertiary/aromatic N) is 2. The van der Waals surface area contributed by atoms with Crippen LogP contribution in [0.3, 0.4) is 0 Å². The van der Waals surface area contributed by atoms with E-state index in [-0.39, 0.29) is 34.7 Å². The Kier molecular flexibility index (Phi) is 7.03. The molecule has 2 aromatic rings.